The molecule has 0 aromatic carbocycles. The van der Waals surface area contributed by atoms with E-state index in [4.69, 9.17) is 16.1 Å². The van der Waals surface area contributed by atoms with Crippen molar-refractivity contribution in [3.05, 3.63) is 11.2 Å². The Bertz CT molecular complexity index is 246. The van der Waals surface area contributed by atoms with Gasteiger partial charge in [-0.1, -0.05) is 0 Å². The average Bonchev–Trinajstić information content (AvgIpc) is 2.55. The van der Waals surface area contributed by atoms with Gasteiger partial charge >= 0.3 is 0 Å². The molecule has 0 bridgehead atoms. The van der Waals surface area contributed by atoms with E-state index in [2.05, 4.69) is 10.1 Å². The minimum atomic E-state index is 0.219. The SMILES string of the molecule is Clc1noc(C2CCSC2)n1. The standard InChI is InChI=1S/C6H7ClN2OS/c7-6-8-5(10-9-6)4-1-2-11-3-4/h4H,1-3H2. The first kappa shape index (κ1) is 7.43. The highest BCUT2D eigenvalue weighted by atomic mass is 35.5. The van der Waals surface area contributed by atoms with Crippen molar-refractivity contribution in [3.63, 3.8) is 0 Å². The lowest BCUT2D eigenvalue weighted by molar-refractivity contribution is 0.360. The summed E-state index contributed by atoms with van der Waals surface area (Å²) in [5.74, 6) is 3.39. The molecule has 1 aromatic rings. The van der Waals surface area contributed by atoms with E-state index in [1.807, 2.05) is 11.8 Å². The van der Waals surface area contributed by atoms with Crippen molar-refractivity contribution in [1.29, 1.82) is 0 Å². The zero-order valence-corrected chi connectivity index (χ0v) is 7.36. The van der Waals surface area contributed by atoms with Gasteiger partial charge in [0.1, 0.15) is 0 Å². The molecule has 0 radical (unpaired) electrons. The monoisotopic (exact) mass is 190 g/mol. The Labute approximate surface area is 73.5 Å². The third-order valence-corrected chi connectivity index (χ3v) is 3.01. The lowest BCUT2D eigenvalue weighted by Crippen LogP contribution is -1.95. The Morgan fingerprint density at radius 3 is 3.09 bits per heavy atom. The van der Waals surface area contributed by atoms with Gasteiger partial charge in [-0.25, -0.2) is 0 Å². The van der Waals surface area contributed by atoms with Gasteiger partial charge in [-0.3, -0.25) is 0 Å². The lowest BCUT2D eigenvalue weighted by atomic mass is 10.1. The Balaban J connectivity index is 2.15. The van der Waals surface area contributed by atoms with Gasteiger partial charge in [-0.05, 0) is 28.9 Å². The summed E-state index contributed by atoms with van der Waals surface area (Å²) in [6.07, 6.45) is 1.13. The Kier molecular flexibility index (Phi) is 2.05. The molecular formula is C6H7ClN2OS. The highest BCUT2D eigenvalue weighted by Gasteiger charge is 2.22. The van der Waals surface area contributed by atoms with Crippen LogP contribution in [0.5, 0.6) is 0 Å². The van der Waals surface area contributed by atoms with Crippen LogP contribution in [0.25, 0.3) is 0 Å². The summed E-state index contributed by atoms with van der Waals surface area (Å²) in [6, 6.07) is 0. The van der Waals surface area contributed by atoms with E-state index in [-0.39, 0.29) is 5.28 Å². The second-order valence-electron chi connectivity index (χ2n) is 2.46. The second kappa shape index (κ2) is 3.03. The summed E-state index contributed by atoms with van der Waals surface area (Å²) in [6.45, 7) is 0. The number of rotatable bonds is 1. The third kappa shape index (κ3) is 1.51. The van der Waals surface area contributed by atoms with Crippen LogP contribution in [0.3, 0.4) is 0 Å². The van der Waals surface area contributed by atoms with E-state index >= 15 is 0 Å². The Morgan fingerprint density at radius 2 is 2.55 bits per heavy atom. The van der Waals surface area contributed by atoms with Crippen LogP contribution in [0.15, 0.2) is 4.52 Å². The second-order valence-corrected chi connectivity index (χ2v) is 3.95. The Hall–Kier alpha value is -0.220. The quantitative estimate of drug-likeness (QED) is 0.679. The van der Waals surface area contributed by atoms with E-state index in [9.17, 15) is 0 Å². The molecule has 60 valence electrons. The van der Waals surface area contributed by atoms with Crippen molar-refractivity contribution in [2.45, 2.75) is 12.3 Å². The summed E-state index contributed by atoms with van der Waals surface area (Å²) >= 11 is 7.43. The first-order valence-corrected chi connectivity index (χ1v) is 4.96. The zero-order chi connectivity index (χ0) is 7.68. The van der Waals surface area contributed by atoms with Crippen molar-refractivity contribution < 1.29 is 4.52 Å². The van der Waals surface area contributed by atoms with Crippen LogP contribution in [0, 0.1) is 0 Å². The predicted molar refractivity (Wildman–Crippen MR) is 44.0 cm³/mol. The van der Waals surface area contributed by atoms with Gasteiger partial charge in [-0.2, -0.15) is 16.7 Å². The van der Waals surface area contributed by atoms with Crippen LogP contribution in [-0.4, -0.2) is 21.6 Å². The maximum absolute atomic E-state index is 5.52. The molecule has 2 heterocycles. The Morgan fingerprint density at radius 1 is 1.64 bits per heavy atom. The molecule has 1 atom stereocenters. The normalized spacial score (nSPS) is 24.3. The molecule has 1 aliphatic heterocycles. The van der Waals surface area contributed by atoms with Crippen LogP contribution >= 0.6 is 23.4 Å². The topological polar surface area (TPSA) is 38.9 Å². The smallest absolute Gasteiger partial charge is 0.263 e. The number of halogens is 1. The maximum Gasteiger partial charge on any atom is 0.263 e. The van der Waals surface area contributed by atoms with Crippen LogP contribution in [0.4, 0.5) is 0 Å². The summed E-state index contributed by atoms with van der Waals surface area (Å²) < 4.78 is 4.94. The molecule has 0 spiro atoms. The number of hydrogen-bond acceptors (Lipinski definition) is 4. The maximum atomic E-state index is 5.52. The van der Waals surface area contributed by atoms with Crippen LogP contribution in [0.1, 0.15) is 18.2 Å². The molecule has 0 aliphatic carbocycles. The fourth-order valence-electron chi connectivity index (χ4n) is 1.11. The van der Waals surface area contributed by atoms with Crippen LogP contribution in [0.2, 0.25) is 5.28 Å². The molecule has 2 rings (SSSR count). The van der Waals surface area contributed by atoms with Gasteiger partial charge in [-0.15, -0.1) is 0 Å². The first-order chi connectivity index (χ1) is 5.36. The zero-order valence-electron chi connectivity index (χ0n) is 5.79. The van der Waals surface area contributed by atoms with Crippen molar-refractivity contribution in [3.8, 4) is 0 Å². The van der Waals surface area contributed by atoms with E-state index in [0.717, 1.165) is 12.2 Å². The number of thioether (sulfide) groups is 1. The van der Waals surface area contributed by atoms with Gasteiger partial charge in [0.2, 0.25) is 5.89 Å². The predicted octanol–water partition coefficient (Wildman–Crippen LogP) is 1.94. The van der Waals surface area contributed by atoms with E-state index in [1.54, 1.807) is 0 Å². The van der Waals surface area contributed by atoms with Gasteiger partial charge in [0.05, 0.1) is 0 Å². The van der Waals surface area contributed by atoms with Crippen molar-refractivity contribution in [2.24, 2.45) is 0 Å². The number of nitrogens with zero attached hydrogens (tertiary/aromatic N) is 2. The summed E-state index contributed by atoms with van der Waals surface area (Å²) in [4.78, 5) is 3.97. The highest BCUT2D eigenvalue weighted by Crippen LogP contribution is 2.31. The molecular weight excluding hydrogens is 184 g/mol. The summed E-state index contributed by atoms with van der Waals surface area (Å²) in [7, 11) is 0. The molecule has 3 nitrogen and oxygen atoms in total. The van der Waals surface area contributed by atoms with Gasteiger partial charge in [0, 0.05) is 11.7 Å². The van der Waals surface area contributed by atoms with Gasteiger partial charge in [0.25, 0.3) is 5.28 Å². The minimum absolute atomic E-state index is 0.219. The molecule has 0 amide bonds. The van der Waals surface area contributed by atoms with E-state index < -0.39 is 0 Å². The first-order valence-electron chi connectivity index (χ1n) is 3.43. The van der Waals surface area contributed by atoms with Crippen LogP contribution in [-0.2, 0) is 0 Å². The fraction of sp³-hybridized carbons (Fsp3) is 0.667. The largest absolute Gasteiger partial charge is 0.338 e. The molecule has 1 fully saturated rings. The third-order valence-electron chi connectivity index (χ3n) is 1.70. The molecule has 1 unspecified atom stereocenters. The molecule has 5 heteroatoms. The van der Waals surface area contributed by atoms with Gasteiger partial charge in [0.15, 0.2) is 0 Å². The summed E-state index contributed by atoms with van der Waals surface area (Å²) in [5, 5.41) is 3.75. The average molecular weight is 191 g/mol. The highest BCUT2D eigenvalue weighted by molar-refractivity contribution is 7.99. The van der Waals surface area contributed by atoms with Crippen LogP contribution < -0.4 is 0 Å². The minimum Gasteiger partial charge on any atom is -0.338 e. The fourth-order valence-corrected chi connectivity index (χ4v) is 2.44. The van der Waals surface area contributed by atoms with Gasteiger partial charge < -0.3 is 4.52 Å². The van der Waals surface area contributed by atoms with Crippen molar-refractivity contribution in [2.75, 3.05) is 11.5 Å². The van der Waals surface area contributed by atoms with E-state index in [1.165, 1.54) is 5.75 Å². The molecule has 1 aliphatic rings. The summed E-state index contributed by atoms with van der Waals surface area (Å²) in [5.41, 5.74) is 0. The van der Waals surface area contributed by atoms with E-state index in [0.29, 0.717) is 11.8 Å². The van der Waals surface area contributed by atoms with Crippen molar-refractivity contribution in [1.82, 2.24) is 10.1 Å². The molecule has 1 saturated heterocycles. The molecule has 0 saturated carbocycles. The molecule has 11 heavy (non-hydrogen) atoms. The molecule has 0 N–H and O–H groups in total. The number of aromatic nitrogens is 2. The lowest BCUT2D eigenvalue weighted by Gasteiger charge is -1.97. The van der Waals surface area contributed by atoms with Crippen molar-refractivity contribution >= 4 is 23.4 Å². The number of hydrogen-bond donors (Lipinski definition) is 0. The molecule has 1 aromatic heterocycles.